The fourth-order valence-corrected chi connectivity index (χ4v) is 5.05. The van der Waals surface area contributed by atoms with Crippen LogP contribution in [0.2, 0.25) is 0 Å². The van der Waals surface area contributed by atoms with E-state index in [9.17, 15) is 33.1 Å². The molecule has 0 aliphatic carbocycles. The van der Waals surface area contributed by atoms with Gasteiger partial charge in [0.25, 0.3) is 0 Å². The van der Waals surface area contributed by atoms with Crippen LogP contribution in [0, 0.1) is 11.3 Å². The smallest absolute Gasteiger partial charge is 0.383 e. The molecule has 2 aromatic heterocycles. The van der Waals surface area contributed by atoms with Gasteiger partial charge in [-0.25, -0.2) is 14.8 Å². The van der Waals surface area contributed by atoms with Gasteiger partial charge >= 0.3 is 11.5 Å². The summed E-state index contributed by atoms with van der Waals surface area (Å²) >= 11 is -0.179. The SMILES string of the molecule is CN1CCN(Cc2cc3c(nc2C=O)N(C(=O)Nc2cc(NCCSC(F)(F)F)c(C#N)cn2)CCC3)C(O)C1. The van der Waals surface area contributed by atoms with Crippen molar-refractivity contribution in [1.82, 2.24) is 19.8 Å². The molecular weight excluding hydrogens is 549 g/mol. The van der Waals surface area contributed by atoms with Crippen molar-refractivity contribution in [3.63, 3.8) is 0 Å². The van der Waals surface area contributed by atoms with Gasteiger partial charge in [-0.15, -0.1) is 0 Å². The van der Waals surface area contributed by atoms with E-state index in [1.54, 1.807) is 0 Å². The van der Waals surface area contributed by atoms with E-state index in [4.69, 9.17) is 0 Å². The molecule has 2 aliphatic rings. The number of rotatable bonds is 8. The Labute approximate surface area is 233 Å². The third kappa shape index (κ3) is 7.39. The van der Waals surface area contributed by atoms with Crippen molar-refractivity contribution in [2.45, 2.75) is 31.1 Å². The largest absolute Gasteiger partial charge is 0.441 e. The highest BCUT2D eigenvalue weighted by molar-refractivity contribution is 8.00. The number of urea groups is 1. The molecule has 11 nitrogen and oxygen atoms in total. The number of nitriles is 1. The zero-order chi connectivity index (χ0) is 28.9. The zero-order valence-corrected chi connectivity index (χ0v) is 22.6. The lowest BCUT2D eigenvalue weighted by molar-refractivity contribution is -0.0538. The van der Waals surface area contributed by atoms with Crippen LogP contribution in [-0.2, 0) is 13.0 Å². The molecule has 0 radical (unpaired) electrons. The van der Waals surface area contributed by atoms with E-state index in [-0.39, 0.29) is 46.8 Å². The number of aliphatic hydroxyl groups excluding tert-OH is 1. The maximum absolute atomic E-state index is 13.2. The number of halogens is 3. The number of nitrogens with one attached hydrogen (secondary N) is 2. The summed E-state index contributed by atoms with van der Waals surface area (Å²) in [6.45, 7) is 2.56. The van der Waals surface area contributed by atoms with Crippen molar-refractivity contribution in [3.8, 4) is 6.07 Å². The Morgan fingerprint density at radius 2 is 2.12 bits per heavy atom. The number of carbonyl (C=O) groups excluding carboxylic acids is 2. The highest BCUT2D eigenvalue weighted by Gasteiger charge is 2.29. The van der Waals surface area contributed by atoms with Gasteiger partial charge in [0, 0.05) is 57.3 Å². The number of aryl methyl sites for hydroxylation is 1. The second kappa shape index (κ2) is 12.8. The minimum atomic E-state index is -4.35. The van der Waals surface area contributed by atoms with Gasteiger partial charge in [0.2, 0.25) is 0 Å². The highest BCUT2D eigenvalue weighted by atomic mass is 32.2. The third-order valence-corrected chi connectivity index (χ3v) is 7.35. The third-order valence-electron chi connectivity index (χ3n) is 6.61. The number of β-amino-alcohol motifs (C(OH)–C–C–N with tert-alkyl or cyclic N) is 1. The topological polar surface area (TPSA) is 138 Å². The van der Waals surface area contributed by atoms with Crippen LogP contribution < -0.4 is 15.5 Å². The zero-order valence-electron chi connectivity index (χ0n) is 21.7. The Morgan fingerprint density at radius 3 is 2.83 bits per heavy atom. The molecule has 3 N–H and O–H groups in total. The Bertz CT molecular complexity index is 1290. The molecule has 0 spiro atoms. The van der Waals surface area contributed by atoms with Crippen LogP contribution in [0.15, 0.2) is 18.3 Å². The molecule has 4 heterocycles. The van der Waals surface area contributed by atoms with Gasteiger partial charge in [0.1, 0.15) is 29.6 Å². The lowest BCUT2D eigenvalue weighted by Crippen LogP contribution is -2.51. The average molecular weight is 579 g/mol. The molecule has 2 amide bonds. The number of fused-ring (bicyclic) bond motifs is 1. The number of aldehydes is 1. The maximum Gasteiger partial charge on any atom is 0.441 e. The molecular formula is C25H29F3N8O3S. The van der Waals surface area contributed by atoms with Crippen LogP contribution in [-0.4, -0.2) is 94.5 Å². The van der Waals surface area contributed by atoms with Crippen LogP contribution in [0.4, 0.5) is 35.3 Å². The Hall–Kier alpha value is -3.45. The van der Waals surface area contributed by atoms with Gasteiger partial charge in [-0.05, 0) is 48.8 Å². The predicted molar refractivity (Wildman–Crippen MR) is 144 cm³/mol. The number of aromatic nitrogens is 2. The number of piperazine rings is 1. The van der Waals surface area contributed by atoms with Crippen molar-refractivity contribution in [2.75, 3.05) is 61.1 Å². The van der Waals surface area contributed by atoms with E-state index < -0.39 is 17.8 Å². The normalized spacial score (nSPS) is 18.1. The Morgan fingerprint density at radius 1 is 1.32 bits per heavy atom. The second-order valence-electron chi connectivity index (χ2n) is 9.48. The molecule has 0 aromatic carbocycles. The molecule has 2 aromatic rings. The average Bonchev–Trinajstić information content (AvgIpc) is 2.91. The number of anilines is 3. The quantitative estimate of drug-likeness (QED) is 0.317. The summed E-state index contributed by atoms with van der Waals surface area (Å²) in [5, 5.41) is 25.2. The van der Waals surface area contributed by atoms with Crippen molar-refractivity contribution in [1.29, 1.82) is 5.26 Å². The van der Waals surface area contributed by atoms with Crippen molar-refractivity contribution >= 4 is 41.4 Å². The molecule has 4 rings (SSSR count). The van der Waals surface area contributed by atoms with Crippen LogP contribution in [0.3, 0.4) is 0 Å². The first kappa shape index (κ1) is 29.5. The number of alkyl halides is 3. The summed E-state index contributed by atoms with van der Waals surface area (Å²) in [6, 6.07) is 4.61. The maximum atomic E-state index is 13.2. The minimum Gasteiger partial charge on any atom is -0.383 e. The van der Waals surface area contributed by atoms with Gasteiger partial charge in [-0.2, -0.15) is 18.4 Å². The predicted octanol–water partition coefficient (Wildman–Crippen LogP) is 2.88. The molecule has 2 aliphatic heterocycles. The van der Waals surface area contributed by atoms with E-state index >= 15 is 0 Å². The van der Waals surface area contributed by atoms with E-state index in [0.29, 0.717) is 56.7 Å². The van der Waals surface area contributed by atoms with E-state index in [1.807, 2.05) is 29.0 Å². The summed E-state index contributed by atoms with van der Waals surface area (Å²) in [5.41, 5.74) is -2.34. The molecule has 0 saturated carbocycles. The summed E-state index contributed by atoms with van der Waals surface area (Å²) < 4.78 is 37.2. The molecule has 214 valence electrons. The number of aliphatic hydroxyl groups is 1. The van der Waals surface area contributed by atoms with Crippen LogP contribution >= 0.6 is 11.8 Å². The first-order valence-corrected chi connectivity index (χ1v) is 13.6. The Balaban J connectivity index is 1.48. The molecule has 15 heteroatoms. The van der Waals surface area contributed by atoms with E-state index in [0.717, 1.165) is 12.1 Å². The van der Waals surface area contributed by atoms with Crippen molar-refractivity contribution in [3.05, 3.63) is 40.7 Å². The van der Waals surface area contributed by atoms with Crippen LogP contribution in [0.5, 0.6) is 0 Å². The summed E-state index contributed by atoms with van der Waals surface area (Å²) in [4.78, 5) is 39.1. The van der Waals surface area contributed by atoms with Gasteiger partial charge < -0.3 is 15.3 Å². The molecule has 0 bridgehead atoms. The number of hydrogen-bond acceptors (Lipinski definition) is 10. The highest BCUT2D eigenvalue weighted by Crippen LogP contribution is 2.31. The number of amides is 2. The van der Waals surface area contributed by atoms with Crippen LogP contribution in [0.25, 0.3) is 0 Å². The minimum absolute atomic E-state index is 0.0539. The number of thioether (sulfide) groups is 1. The Kier molecular flexibility index (Phi) is 9.46. The van der Waals surface area contributed by atoms with Crippen molar-refractivity contribution < 1.29 is 27.9 Å². The number of likely N-dealkylation sites (N-methyl/N-ethyl adjacent to an activating group) is 1. The fourth-order valence-electron chi connectivity index (χ4n) is 4.61. The molecule has 1 unspecified atom stereocenters. The van der Waals surface area contributed by atoms with E-state index in [2.05, 4.69) is 20.6 Å². The number of nitrogens with zero attached hydrogens (tertiary/aromatic N) is 6. The van der Waals surface area contributed by atoms with Gasteiger partial charge in [0.15, 0.2) is 6.29 Å². The number of pyridine rings is 2. The summed E-state index contributed by atoms with van der Waals surface area (Å²) in [7, 11) is 1.93. The molecule has 1 saturated heterocycles. The van der Waals surface area contributed by atoms with E-state index in [1.165, 1.54) is 17.2 Å². The van der Waals surface area contributed by atoms with Crippen LogP contribution in [0.1, 0.15) is 33.6 Å². The van der Waals surface area contributed by atoms with Gasteiger partial charge in [-0.1, -0.05) is 0 Å². The summed E-state index contributed by atoms with van der Waals surface area (Å²) in [5.74, 6) is 0.187. The second-order valence-corrected chi connectivity index (χ2v) is 10.6. The van der Waals surface area contributed by atoms with Crippen molar-refractivity contribution in [2.24, 2.45) is 0 Å². The standard InChI is InChI=1S/C25H29F3N8O3S/c1-34-6-7-35(22(38)14-34)13-17-9-16-3-2-5-36(23(16)32-20(17)15-37)24(39)33-21-10-19(18(11-29)12-31-21)30-4-8-40-25(26,27)28/h9-10,12,15,22,38H,2-8,13-14H2,1H3,(H2,30,31,33,39). The lowest BCUT2D eigenvalue weighted by Gasteiger charge is -2.37. The lowest BCUT2D eigenvalue weighted by atomic mass is 10.0. The molecule has 40 heavy (non-hydrogen) atoms. The molecule has 1 fully saturated rings. The number of carbonyl (C=O) groups is 2. The summed E-state index contributed by atoms with van der Waals surface area (Å²) in [6.07, 6.45) is 2.51. The first-order chi connectivity index (χ1) is 19.1. The van der Waals surface area contributed by atoms with Gasteiger partial charge in [0.05, 0.1) is 11.3 Å². The van der Waals surface area contributed by atoms with Gasteiger partial charge in [-0.3, -0.25) is 19.9 Å². The monoisotopic (exact) mass is 578 g/mol. The number of hydrogen-bond donors (Lipinski definition) is 3. The first-order valence-electron chi connectivity index (χ1n) is 12.6. The fraction of sp³-hybridized carbons (Fsp3) is 0.480. The molecule has 1 atom stereocenters.